The number of aryl methyl sites for hydroxylation is 2. The topological polar surface area (TPSA) is 57.7 Å². The second-order valence-electron chi connectivity index (χ2n) is 6.68. The van der Waals surface area contributed by atoms with Crippen molar-refractivity contribution in [3.05, 3.63) is 34.9 Å². The standard InChI is InChI=1S/C17H24N2O3S/c1-13-3-4-15(11-14(13)2)17(20)19-8-6-18(7-9-19)16-5-10-23(21,22)12-16/h3-4,11,16H,5-10,12H2,1-2H3/t16-/m1/s1. The minimum absolute atomic E-state index is 0.0757. The smallest absolute Gasteiger partial charge is 0.253 e. The summed E-state index contributed by atoms with van der Waals surface area (Å²) in [5, 5.41) is 0. The summed E-state index contributed by atoms with van der Waals surface area (Å²) in [5.74, 6) is 0.657. The van der Waals surface area contributed by atoms with E-state index >= 15 is 0 Å². The van der Waals surface area contributed by atoms with Gasteiger partial charge in [0.2, 0.25) is 0 Å². The van der Waals surface area contributed by atoms with E-state index in [9.17, 15) is 13.2 Å². The number of sulfone groups is 1. The van der Waals surface area contributed by atoms with E-state index in [1.165, 1.54) is 5.56 Å². The van der Waals surface area contributed by atoms with Crippen molar-refractivity contribution in [2.45, 2.75) is 26.3 Å². The largest absolute Gasteiger partial charge is 0.336 e. The van der Waals surface area contributed by atoms with Gasteiger partial charge in [-0.3, -0.25) is 9.69 Å². The second-order valence-corrected chi connectivity index (χ2v) is 8.91. The lowest BCUT2D eigenvalue weighted by Gasteiger charge is -2.37. The van der Waals surface area contributed by atoms with Crippen molar-refractivity contribution in [3.63, 3.8) is 0 Å². The van der Waals surface area contributed by atoms with Crippen molar-refractivity contribution in [2.24, 2.45) is 0 Å². The molecular formula is C17H24N2O3S. The SMILES string of the molecule is Cc1ccc(C(=O)N2CCN([C@@H]3CCS(=O)(=O)C3)CC2)cc1C. The van der Waals surface area contributed by atoms with Crippen LogP contribution in [-0.2, 0) is 9.84 Å². The van der Waals surface area contributed by atoms with Crippen molar-refractivity contribution in [3.8, 4) is 0 Å². The average molecular weight is 336 g/mol. The van der Waals surface area contributed by atoms with E-state index in [0.717, 1.165) is 30.6 Å². The van der Waals surface area contributed by atoms with Crippen LogP contribution in [0.1, 0.15) is 27.9 Å². The Kier molecular flexibility index (Phi) is 4.47. The quantitative estimate of drug-likeness (QED) is 0.816. The highest BCUT2D eigenvalue weighted by Gasteiger charge is 2.34. The molecule has 5 nitrogen and oxygen atoms in total. The van der Waals surface area contributed by atoms with E-state index in [1.54, 1.807) is 0 Å². The summed E-state index contributed by atoms with van der Waals surface area (Å²) in [6.45, 7) is 6.92. The van der Waals surface area contributed by atoms with Crippen molar-refractivity contribution in [1.29, 1.82) is 0 Å². The lowest BCUT2D eigenvalue weighted by atomic mass is 10.1. The molecule has 1 atom stereocenters. The zero-order valence-electron chi connectivity index (χ0n) is 13.8. The Balaban J connectivity index is 1.60. The van der Waals surface area contributed by atoms with Gasteiger partial charge < -0.3 is 4.90 Å². The van der Waals surface area contributed by atoms with Crippen LogP contribution in [0.2, 0.25) is 0 Å². The van der Waals surface area contributed by atoms with E-state index in [-0.39, 0.29) is 17.7 Å². The first-order valence-corrected chi connectivity index (χ1v) is 9.99. The molecule has 3 rings (SSSR count). The maximum atomic E-state index is 12.6. The van der Waals surface area contributed by atoms with Crippen LogP contribution in [0.4, 0.5) is 0 Å². The Morgan fingerprint density at radius 2 is 1.78 bits per heavy atom. The van der Waals surface area contributed by atoms with Crippen LogP contribution in [0.5, 0.6) is 0 Å². The summed E-state index contributed by atoms with van der Waals surface area (Å²) in [5.41, 5.74) is 3.06. The third-order valence-electron chi connectivity index (χ3n) is 5.08. The monoisotopic (exact) mass is 336 g/mol. The van der Waals surface area contributed by atoms with Crippen molar-refractivity contribution in [1.82, 2.24) is 9.80 Å². The molecule has 0 saturated carbocycles. The van der Waals surface area contributed by atoms with Crippen LogP contribution >= 0.6 is 0 Å². The zero-order chi connectivity index (χ0) is 16.6. The molecule has 0 bridgehead atoms. The summed E-state index contributed by atoms with van der Waals surface area (Å²) in [4.78, 5) is 16.7. The first-order chi connectivity index (χ1) is 10.9. The van der Waals surface area contributed by atoms with Gasteiger partial charge in [-0.05, 0) is 43.5 Å². The predicted molar refractivity (Wildman–Crippen MR) is 90.5 cm³/mol. The van der Waals surface area contributed by atoms with Crippen LogP contribution in [0.3, 0.4) is 0 Å². The summed E-state index contributed by atoms with van der Waals surface area (Å²) < 4.78 is 23.2. The molecule has 6 heteroatoms. The number of nitrogens with zero attached hydrogens (tertiary/aromatic N) is 2. The highest BCUT2D eigenvalue weighted by atomic mass is 32.2. The van der Waals surface area contributed by atoms with Gasteiger partial charge in [0, 0.05) is 37.8 Å². The third kappa shape index (κ3) is 3.58. The second kappa shape index (κ2) is 6.24. The molecule has 1 aromatic rings. The van der Waals surface area contributed by atoms with Gasteiger partial charge in [-0.2, -0.15) is 0 Å². The van der Waals surface area contributed by atoms with E-state index < -0.39 is 9.84 Å². The first-order valence-electron chi connectivity index (χ1n) is 8.17. The van der Waals surface area contributed by atoms with E-state index in [4.69, 9.17) is 0 Å². The molecule has 1 amide bonds. The highest BCUT2D eigenvalue weighted by Crippen LogP contribution is 2.20. The van der Waals surface area contributed by atoms with Gasteiger partial charge in [-0.15, -0.1) is 0 Å². The normalized spacial score (nSPS) is 24.8. The first kappa shape index (κ1) is 16.5. The maximum absolute atomic E-state index is 12.6. The van der Waals surface area contributed by atoms with Crippen LogP contribution in [0.15, 0.2) is 18.2 Å². The average Bonchev–Trinajstić information content (AvgIpc) is 2.89. The van der Waals surface area contributed by atoms with Gasteiger partial charge in [-0.1, -0.05) is 6.07 Å². The number of amides is 1. The Morgan fingerprint density at radius 1 is 1.09 bits per heavy atom. The molecule has 2 fully saturated rings. The maximum Gasteiger partial charge on any atom is 0.253 e. The number of hydrogen-bond acceptors (Lipinski definition) is 4. The summed E-state index contributed by atoms with van der Waals surface area (Å²) >= 11 is 0. The lowest BCUT2D eigenvalue weighted by molar-refractivity contribution is 0.0587. The summed E-state index contributed by atoms with van der Waals surface area (Å²) in [6, 6.07) is 5.97. The van der Waals surface area contributed by atoms with Crippen LogP contribution in [0, 0.1) is 13.8 Å². The van der Waals surface area contributed by atoms with Gasteiger partial charge in [0.15, 0.2) is 9.84 Å². The van der Waals surface area contributed by atoms with E-state index in [1.807, 2.05) is 36.9 Å². The Labute approximate surface area is 138 Å². The van der Waals surface area contributed by atoms with Gasteiger partial charge in [0.05, 0.1) is 11.5 Å². The van der Waals surface area contributed by atoms with Gasteiger partial charge in [-0.25, -0.2) is 8.42 Å². The Hall–Kier alpha value is -1.40. The Morgan fingerprint density at radius 3 is 2.35 bits per heavy atom. The minimum atomic E-state index is -2.85. The fourth-order valence-electron chi connectivity index (χ4n) is 3.41. The van der Waals surface area contributed by atoms with Gasteiger partial charge >= 0.3 is 0 Å². The van der Waals surface area contributed by atoms with Gasteiger partial charge in [0.1, 0.15) is 0 Å². The molecule has 2 heterocycles. The zero-order valence-corrected chi connectivity index (χ0v) is 14.6. The number of carbonyl (C=O) groups is 1. The fraction of sp³-hybridized carbons (Fsp3) is 0.588. The fourth-order valence-corrected chi connectivity index (χ4v) is 5.17. The number of carbonyl (C=O) groups excluding carboxylic acids is 1. The van der Waals surface area contributed by atoms with Crippen LogP contribution in [0.25, 0.3) is 0 Å². The van der Waals surface area contributed by atoms with Gasteiger partial charge in [0.25, 0.3) is 5.91 Å². The number of benzene rings is 1. The molecule has 0 unspecified atom stereocenters. The number of piperazine rings is 1. The molecule has 2 aliphatic heterocycles. The van der Waals surface area contributed by atoms with Crippen LogP contribution in [-0.4, -0.2) is 67.9 Å². The van der Waals surface area contributed by atoms with Crippen molar-refractivity contribution >= 4 is 15.7 Å². The molecule has 0 N–H and O–H groups in total. The molecule has 2 saturated heterocycles. The molecule has 0 aromatic heterocycles. The number of hydrogen-bond donors (Lipinski definition) is 0. The summed E-state index contributed by atoms with van der Waals surface area (Å²) in [7, 11) is -2.85. The minimum Gasteiger partial charge on any atom is -0.336 e. The van der Waals surface area contributed by atoms with Crippen molar-refractivity contribution in [2.75, 3.05) is 37.7 Å². The van der Waals surface area contributed by atoms with E-state index in [0.29, 0.717) is 18.8 Å². The van der Waals surface area contributed by atoms with E-state index in [2.05, 4.69) is 4.90 Å². The molecule has 1 aromatic carbocycles. The Bertz CT molecular complexity index is 707. The highest BCUT2D eigenvalue weighted by molar-refractivity contribution is 7.91. The molecule has 126 valence electrons. The lowest BCUT2D eigenvalue weighted by Crippen LogP contribution is -2.52. The predicted octanol–water partition coefficient (Wildman–Crippen LogP) is 1.25. The molecule has 0 radical (unpaired) electrons. The molecular weight excluding hydrogens is 312 g/mol. The molecule has 0 spiro atoms. The third-order valence-corrected chi connectivity index (χ3v) is 6.83. The summed E-state index contributed by atoms with van der Waals surface area (Å²) in [6.07, 6.45) is 0.730. The molecule has 0 aliphatic carbocycles. The van der Waals surface area contributed by atoms with Crippen LogP contribution < -0.4 is 0 Å². The van der Waals surface area contributed by atoms with Crippen molar-refractivity contribution < 1.29 is 13.2 Å². The molecule has 2 aliphatic rings. The molecule has 23 heavy (non-hydrogen) atoms. The number of rotatable bonds is 2.